The van der Waals surface area contributed by atoms with E-state index in [1.165, 1.54) is 6.08 Å². The number of amides is 1. The lowest BCUT2D eigenvalue weighted by molar-refractivity contribution is -0.122. The van der Waals surface area contributed by atoms with Gasteiger partial charge in [0.2, 0.25) is 5.91 Å². The molecule has 0 aromatic rings. The molecule has 0 bridgehead atoms. The fourth-order valence-corrected chi connectivity index (χ4v) is 2.00. The van der Waals surface area contributed by atoms with Crippen molar-refractivity contribution in [1.29, 1.82) is 0 Å². The highest BCUT2D eigenvalue weighted by molar-refractivity contribution is 7.85. The molecule has 0 rings (SSSR count). The van der Waals surface area contributed by atoms with Gasteiger partial charge in [-0.25, -0.2) is 0 Å². The first-order valence-electron chi connectivity index (χ1n) is 6.37. The van der Waals surface area contributed by atoms with E-state index in [1.54, 1.807) is 18.2 Å². The summed E-state index contributed by atoms with van der Waals surface area (Å²) in [5, 5.41) is 11.2. The van der Waals surface area contributed by atoms with Crippen LogP contribution in [0.25, 0.3) is 0 Å². The Balaban J connectivity index is 4.27. The average molecular weight is 318 g/mol. The maximum absolute atomic E-state index is 11.7. The van der Waals surface area contributed by atoms with Gasteiger partial charge in [0.15, 0.2) is 0 Å². The second kappa shape index (κ2) is 10.3. The highest BCUT2D eigenvalue weighted by Gasteiger charge is 2.14. The molecule has 0 unspecified atom stereocenters. The van der Waals surface area contributed by atoms with E-state index in [9.17, 15) is 13.2 Å². The second-order valence-electron chi connectivity index (χ2n) is 4.30. The minimum Gasteiger partial charge on any atom is -0.392 e. The van der Waals surface area contributed by atoms with Gasteiger partial charge in [-0.3, -0.25) is 9.35 Å². The number of allylic oxidation sites excluding steroid dienone is 3. The van der Waals surface area contributed by atoms with E-state index in [1.807, 2.05) is 0 Å². The van der Waals surface area contributed by atoms with Gasteiger partial charge in [0, 0.05) is 6.54 Å². The van der Waals surface area contributed by atoms with Crippen LogP contribution in [0, 0.1) is 0 Å². The first-order chi connectivity index (χ1) is 9.80. The fourth-order valence-electron chi connectivity index (χ4n) is 1.49. The van der Waals surface area contributed by atoms with Crippen molar-refractivity contribution in [3.8, 4) is 0 Å². The molecular weight excluding hydrogens is 296 g/mol. The monoisotopic (exact) mass is 318 g/mol. The molecule has 0 aliphatic rings. The maximum atomic E-state index is 11.7. The molecule has 1 amide bonds. The number of carbonyl (C=O) groups is 1. The number of hydrogen-bond acceptors (Lipinski definition) is 5. The van der Waals surface area contributed by atoms with Crippen molar-refractivity contribution in [2.24, 2.45) is 5.73 Å². The van der Waals surface area contributed by atoms with Gasteiger partial charge in [0.05, 0.1) is 18.4 Å². The van der Waals surface area contributed by atoms with Crippen molar-refractivity contribution in [3.05, 3.63) is 36.5 Å². The lowest BCUT2D eigenvalue weighted by atomic mass is 10.1. The van der Waals surface area contributed by atoms with Gasteiger partial charge in [-0.1, -0.05) is 30.9 Å². The maximum Gasteiger partial charge on any atom is 0.264 e. The molecule has 0 saturated carbocycles. The molecule has 0 aromatic carbocycles. The van der Waals surface area contributed by atoms with Crippen molar-refractivity contribution in [1.82, 2.24) is 5.32 Å². The quantitative estimate of drug-likeness (QED) is 0.250. The third kappa shape index (κ3) is 10.9. The lowest BCUT2D eigenvalue weighted by Gasteiger charge is -2.12. The van der Waals surface area contributed by atoms with E-state index in [4.69, 9.17) is 15.4 Å². The number of aliphatic hydroxyl groups is 1. The van der Waals surface area contributed by atoms with Crippen molar-refractivity contribution >= 4 is 16.0 Å². The Morgan fingerprint density at radius 3 is 2.62 bits per heavy atom. The van der Waals surface area contributed by atoms with Crippen LogP contribution in [0.5, 0.6) is 0 Å². The number of rotatable bonds is 10. The Morgan fingerprint density at radius 2 is 2.10 bits per heavy atom. The van der Waals surface area contributed by atoms with Gasteiger partial charge in [-0.15, -0.1) is 0 Å². The van der Waals surface area contributed by atoms with Crippen LogP contribution in [0.1, 0.15) is 12.8 Å². The summed E-state index contributed by atoms with van der Waals surface area (Å²) in [6.45, 7) is 3.54. The zero-order valence-corrected chi connectivity index (χ0v) is 12.6. The molecule has 0 aromatic heterocycles. The van der Waals surface area contributed by atoms with Crippen LogP contribution < -0.4 is 11.1 Å². The molecule has 5 N–H and O–H groups in total. The molecule has 1 atom stereocenters. The van der Waals surface area contributed by atoms with Crippen molar-refractivity contribution in [3.63, 3.8) is 0 Å². The van der Waals surface area contributed by atoms with Crippen molar-refractivity contribution < 1.29 is 22.9 Å². The van der Waals surface area contributed by atoms with Crippen LogP contribution in [-0.4, -0.2) is 48.9 Å². The SMILES string of the molecule is C=C/C=C(\C=C/CO)C[C@H](N)C(=O)NCCCS(=O)(=O)O. The summed E-state index contributed by atoms with van der Waals surface area (Å²) < 4.78 is 29.5. The minimum absolute atomic E-state index is 0.108. The van der Waals surface area contributed by atoms with Gasteiger partial charge in [0.1, 0.15) is 0 Å². The summed E-state index contributed by atoms with van der Waals surface area (Å²) in [7, 11) is -4.01. The Morgan fingerprint density at radius 1 is 1.43 bits per heavy atom. The fraction of sp³-hybridized carbons (Fsp3) is 0.462. The first-order valence-corrected chi connectivity index (χ1v) is 7.98. The summed E-state index contributed by atoms with van der Waals surface area (Å²) in [4.78, 5) is 11.7. The van der Waals surface area contributed by atoms with Crippen molar-refractivity contribution in [2.45, 2.75) is 18.9 Å². The summed E-state index contributed by atoms with van der Waals surface area (Å²) >= 11 is 0. The first kappa shape index (κ1) is 19.5. The second-order valence-corrected chi connectivity index (χ2v) is 5.88. The smallest absolute Gasteiger partial charge is 0.264 e. The highest BCUT2D eigenvalue weighted by atomic mass is 32.2. The molecule has 21 heavy (non-hydrogen) atoms. The number of carbonyl (C=O) groups excluding carboxylic acids is 1. The Bertz CT molecular complexity index is 497. The number of nitrogens with one attached hydrogen (secondary N) is 1. The molecule has 0 aliphatic carbocycles. The van der Waals surface area contributed by atoms with E-state index in [0.717, 1.165) is 5.57 Å². The molecule has 0 aliphatic heterocycles. The lowest BCUT2D eigenvalue weighted by Crippen LogP contribution is -2.41. The van der Waals surface area contributed by atoms with Gasteiger partial charge >= 0.3 is 0 Å². The van der Waals surface area contributed by atoms with Crippen LogP contribution in [0.4, 0.5) is 0 Å². The van der Waals surface area contributed by atoms with E-state index in [2.05, 4.69) is 11.9 Å². The molecule has 120 valence electrons. The zero-order valence-electron chi connectivity index (χ0n) is 11.7. The Kier molecular flexibility index (Phi) is 9.55. The summed E-state index contributed by atoms with van der Waals surface area (Å²) in [5.74, 6) is -0.832. The van der Waals surface area contributed by atoms with Crippen LogP contribution in [0.2, 0.25) is 0 Å². The van der Waals surface area contributed by atoms with Gasteiger partial charge < -0.3 is 16.2 Å². The van der Waals surface area contributed by atoms with Crippen LogP contribution in [-0.2, 0) is 14.9 Å². The van der Waals surface area contributed by atoms with Gasteiger partial charge in [0.25, 0.3) is 10.1 Å². The molecule has 0 radical (unpaired) electrons. The predicted molar refractivity (Wildman–Crippen MR) is 81.1 cm³/mol. The molecule has 8 heteroatoms. The van der Waals surface area contributed by atoms with E-state index in [0.29, 0.717) is 0 Å². The highest BCUT2D eigenvalue weighted by Crippen LogP contribution is 2.07. The van der Waals surface area contributed by atoms with Crippen LogP contribution >= 0.6 is 0 Å². The van der Waals surface area contributed by atoms with Crippen LogP contribution in [0.15, 0.2) is 36.5 Å². The number of hydrogen-bond donors (Lipinski definition) is 4. The largest absolute Gasteiger partial charge is 0.392 e. The summed E-state index contributed by atoms with van der Waals surface area (Å²) in [6, 6.07) is -0.801. The zero-order chi connectivity index (χ0) is 16.3. The standard InChI is InChI=1S/C13H22N2O5S/c1-2-5-11(6-3-8-16)10-12(14)13(17)15-7-4-9-21(18,19)20/h2-3,5-6,12,16H,1,4,7-10,14H2,(H,15,17)(H,18,19,20)/b6-3-,11-5+/t12-/m0/s1. The number of nitrogens with two attached hydrogens (primary N) is 1. The molecule has 7 nitrogen and oxygen atoms in total. The molecule has 0 saturated heterocycles. The van der Waals surface area contributed by atoms with E-state index in [-0.39, 0.29) is 26.0 Å². The average Bonchev–Trinajstić information content (AvgIpc) is 2.39. The Hall–Kier alpha value is -1.48. The summed E-state index contributed by atoms with van der Waals surface area (Å²) in [5.41, 5.74) is 6.47. The van der Waals surface area contributed by atoms with Crippen molar-refractivity contribution in [2.75, 3.05) is 18.9 Å². The van der Waals surface area contributed by atoms with E-state index >= 15 is 0 Å². The summed E-state index contributed by atoms with van der Waals surface area (Å²) in [6.07, 6.45) is 6.76. The number of aliphatic hydroxyl groups excluding tert-OH is 1. The van der Waals surface area contributed by atoms with Gasteiger partial charge in [-0.05, 0) is 18.4 Å². The molecule has 0 spiro atoms. The molecule has 0 fully saturated rings. The Labute approximate surface area is 125 Å². The predicted octanol–water partition coefficient (Wildman–Crippen LogP) is -0.241. The minimum atomic E-state index is -4.01. The molecule has 0 heterocycles. The normalized spacial score (nSPS) is 14.1. The van der Waals surface area contributed by atoms with Gasteiger partial charge in [-0.2, -0.15) is 8.42 Å². The van der Waals surface area contributed by atoms with Crippen LogP contribution in [0.3, 0.4) is 0 Å². The third-order valence-corrected chi connectivity index (χ3v) is 3.24. The third-order valence-electron chi connectivity index (χ3n) is 2.44. The van der Waals surface area contributed by atoms with E-state index < -0.39 is 27.8 Å². The molecular formula is C13H22N2O5S. The topological polar surface area (TPSA) is 130 Å².